The molecule has 200 valence electrons. The quantitative estimate of drug-likeness (QED) is 0.315. The first-order chi connectivity index (χ1) is 18.7. The molecule has 6 rings (SSSR count). The third-order valence-corrected chi connectivity index (χ3v) is 9.44. The van der Waals surface area contributed by atoms with Crippen LogP contribution in [0.25, 0.3) is 21.3 Å². The summed E-state index contributed by atoms with van der Waals surface area (Å²) in [7, 11) is 0. The Morgan fingerprint density at radius 3 is 2.50 bits per heavy atom. The monoisotopic (exact) mass is 533 g/mol. The maximum absolute atomic E-state index is 13.2. The zero-order chi connectivity index (χ0) is 25.9. The number of rotatable bonds is 8. The fourth-order valence-electron chi connectivity index (χ4n) is 5.95. The average molecular weight is 534 g/mol. The number of benzene rings is 2. The Balaban J connectivity index is 1.04. The summed E-state index contributed by atoms with van der Waals surface area (Å²) in [5.74, 6) is 0.402. The molecule has 8 heteroatoms. The first-order valence-electron chi connectivity index (χ1n) is 13.9. The van der Waals surface area contributed by atoms with Crippen molar-refractivity contribution in [3.05, 3.63) is 71.2 Å². The van der Waals surface area contributed by atoms with Crippen LogP contribution in [0.4, 0.5) is 4.39 Å². The van der Waals surface area contributed by atoms with Crippen LogP contribution in [0.3, 0.4) is 0 Å². The molecule has 1 unspecified atom stereocenters. The van der Waals surface area contributed by atoms with Gasteiger partial charge in [-0.05, 0) is 48.2 Å². The molecule has 2 aromatic carbocycles. The predicted molar refractivity (Wildman–Crippen MR) is 151 cm³/mol. The lowest BCUT2D eigenvalue weighted by atomic mass is 9.90. The molecule has 1 saturated carbocycles. The summed E-state index contributed by atoms with van der Waals surface area (Å²) in [5, 5.41) is 16.1. The molecule has 0 bridgehead atoms. The van der Waals surface area contributed by atoms with E-state index < -0.39 is 0 Å². The molecule has 2 aromatic heterocycles. The molecule has 0 radical (unpaired) electrons. The predicted octanol–water partition coefficient (Wildman–Crippen LogP) is 5.70. The van der Waals surface area contributed by atoms with E-state index in [1.807, 2.05) is 28.4 Å². The van der Waals surface area contributed by atoms with Crippen LogP contribution in [-0.4, -0.2) is 69.0 Å². The zero-order valence-electron chi connectivity index (χ0n) is 21.8. The fourth-order valence-corrected chi connectivity index (χ4v) is 7.06. The van der Waals surface area contributed by atoms with E-state index >= 15 is 0 Å². The molecule has 4 aromatic rings. The Kier molecular flexibility index (Phi) is 7.83. The Labute approximate surface area is 227 Å². The maximum Gasteiger partial charge on any atom is 0.123 e. The van der Waals surface area contributed by atoms with Gasteiger partial charge in [0.15, 0.2) is 0 Å². The van der Waals surface area contributed by atoms with Gasteiger partial charge in [-0.15, -0.1) is 11.3 Å². The van der Waals surface area contributed by atoms with Gasteiger partial charge in [0.05, 0.1) is 40.6 Å². The molecule has 1 saturated heterocycles. The van der Waals surface area contributed by atoms with Crippen LogP contribution in [0.5, 0.6) is 0 Å². The first kappa shape index (κ1) is 25.6. The first-order valence-corrected chi connectivity index (χ1v) is 14.7. The normalized spacial score (nSPS) is 18.8. The zero-order valence-corrected chi connectivity index (χ0v) is 22.6. The van der Waals surface area contributed by atoms with Crippen LogP contribution in [0.2, 0.25) is 0 Å². The summed E-state index contributed by atoms with van der Waals surface area (Å²) in [5.41, 5.74) is 4.23. The van der Waals surface area contributed by atoms with Crippen LogP contribution < -0.4 is 0 Å². The second kappa shape index (κ2) is 11.6. The van der Waals surface area contributed by atoms with E-state index in [4.69, 9.17) is 4.98 Å². The molecule has 0 spiro atoms. The molecular weight excluding hydrogens is 497 g/mol. The van der Waals surface area contributed by atoms with E-state index in [-0.39, 0.29) is 18.5 Å². The van der Waals surface area contributed by atoms with Crippen LogP contribution >= 0.6 is 11.3 Å². The van der Waals surface area contributed by atoms with Gasteiger partial charge in [0.25, 0.3) is 0 Å². The number of halogens is 1. The number of aromatic nitrogens is 3. The van der Waals surface area contributed by atoms with Gasteiger partial charge in [0.2, 0.25) is 0 Å². The number of fused-ring (bicyclic) bond motifs is 1. The van der Waals surface area contributed by atoms with E-state index in [1.165, 1.54) is 59.5 Å². The molecule has 1 N–H and O–H groups in total. The summed E-state index contributed by atoms with van der Waals surface area (Å²) < 4.78 is 16.4. The SMILES string of the molecule is OCC(c1ccc2sc(C3CCCCC3)nc2c1)N1CCN(CCn2cc(-c3ccc(F)cc3)cn2)CC1. The molecule has 1 aliphatic heterocycles. The van der Waals surface area contributed by atoms with Gasteiger partial charge in [0.1, 0.15) is 5.82 Å². The van der Waals surface area contributed by atoms with Crippen molar-refractivity contribution in [2.45, 2.75) is 50.6 Å². The van der Waals surface area contributed by atoms with Gasteiger partial charge < -0.3 is 5.11 Å². The lowest BCUT2D eigenvalue weighted by molar-refractivity contribution is 0.0634. The number of hydrogen-bond acceptors (Lipinski definition) is 6. The minimum Gasteiger partial charge on any atom is -0.394 e. The van der Waals surface area contributed by atoms with E-state index in [9.17, 15) is 9.50 Å². The highest BCUT2D eigenvalue weighted by Crippen LogP contribution is 2.37. The number of aliphatic hydroxyl groups is 1. The standard InChI is InChI=1S/C30H36FN5OS/c31-26-9-6-22(7-10-26)25-19-32-36(20-25)17-14-34-12-15-35(16-13-34)28(21-37)24-8-11-29-27(18-24)33-30(38-29)23-4-2-1-3-5-23/h6-11,18-20,23,28,37H,1-5,12-17,21H2. The van der Waals surface area contributed by atoms with Gasteiger partial charge in [-0.25, -0.2) is 9.37 Å². The van der Waals surface area contributed by atoms with Crippen molar-refractivity contribution in [2.75, 3.05) is 39.3 Å². The minimum absolute atomic E-state index is 0.00534. The number of hydrogen-bond donors (Lipinski definition) is 1. The lowest BCUT2D eigenvalue weighted by Gasteiger charge is -2.38. The third kappa shape index (κ3) is 5.69. The molecule has 2 aliphatic rings. The summed E-state index contributed by atoms with van der Waals surface area (Å²) in [4.78, 5) is 9.91. The van der Waals surface area contributed by atoms with Crippen molar-refractivity contribution in [2.24, 2.45) is 0 Å². The Hall–Kier alpha value is -2.65. The molecule has 3 heterocycles. The molecule has 0 amide bonds. The molecule has 1 aliphatic carbocycles. The van der Waals surface area contributed by atoms with E-state index in [1.54, 1.807) is 12.1 Å². The lowest BCUT2D eigenvalue weighted by Crippen LogP contribution is -2.49. The summed E-state index contributed by atoms with van der Waals surface area (Å²) in [6, 6.07) is 13.1. The highest BCUT2D eigenvalue weighted by Gasteiger charge is 2.26. The van der Waals surface area contributed by atoms with Crippen LogP contribution in [0, 0.1) is 5.82 Å². The van der Waals surface area contributed by atoms with Gasteiger partial charge in [-0.2, -0.15) is 5.10 Å². The second-order valence-electron chi connectivity index (χ2n) is 10.7. The number of piperazine rings is 1. The molecule has 38 heavy (non-hydrogen) atoms. The summed E-state index contributed by atoms with van der Waals surface area (Å²) in [6.45, 7) is 5.64. The smallest absolute Gasteiger partial charge is 0.123 e. The Bertz CT molecular complexity index is 1340. The molecule has 6 nitrogen and oxygen atoms in total. The van der Waals surface area contributed by atoms with Crippen LogP contribution in [0.15, 0.2) is 54.9 Å². The Morgan fingerprint density at radius 1 is 0.947 bits per heavy atom. The van der Waals surface area contributed by atoms with E-state index in [2.05, 4.69) is 33.1 Å². The Morgan fingerprint density at radius 2 is 1.74 bits per heavy atom. The largest absolute Gasteiger partial charge is 0.394 e. The maximum atomic E-state index is 13.2. The highest BCUT2D eigenvalue weighted by molar-refractivity contribution is 7.18. The van der Waals surface area contributed by atoms with Crippen molar-refractivity contribution in [1.29, 1.82) is 0 Å². The molecule has 2 fully saturated rings. The topological polar surface area (TPSA) is 57.4 Å². The fraction of sp³-hybridized carbons (Fsp3) is 0.467. The van der Waals surface area contributed by atoms with Gasteiger partial charge in [-0.1, -0.05) is 37.5 Å². The van der Waals surface area contributed by atoms with E-state index in [0.717, 1.165) is 55.9 Å². The van der Waals surface area contributed by atoms with Crippen molar-refractivity contribution in [1.82, 2.24) is 24.6 Å². The molecule has 1 atom stereocenters. The van der Waals surface area contributed by atoms with E-state index in [0.29, 0.717) is 5.92 Å². The molecular formula is C30H36FN5OS. The number of thiazole rings is 1. The van der Waals surface area contributed by atoms with Gasteiger partial charge in [-0.3, -0.25) is 14.5 Å². The van der Waals surface area contributed by atoms with Crippen molar-refractivity contribution in [3.8, 4) is 11.1 Å². The second-order valence-corrected chi connectivity index (χ2v) is 11.8. The summed E-state index contributed by atoms with van der Waals surface area (Å²) in [6.07, 6.45) is 10.4. The number of nitrogens with zero attached hydrogens (tertiary/aromatic N) is 5. The van der Waals surface area contributed by atoms with Crippen molar-refractivity contribution >= 4 is 21.6 Å². The van der Waals surface area contributed by atoms with Crippen LogP contribution in [-0.2, 0) is 6.54 Å². The minimum atomic E-state index is -0.226. The van der Waals surface area contributed by atoms with Crippen molar-refractivity contribution in [3.63, 3.8) is 0 Å². The van der Waals surface area contributed by atoms with Gasteiger partial charge >= 0.3 is 0 Å². The van der Waals surface area contributed by atoms with Gasteiger partial charge in [0, 0.05) is 50.4 Å². The average Bonchev–Trinajstić information content (AvgIpc) is 3.61. The highest BCUT2D eigenvalue weighted by atomic mass is 32.1. The summed E-state index contributed by atoms with van der Waals surface area (Å²) >= 11 is 1.86. The third-order valence-electron chi connectivity index (χ3n) is 8.24. The number of aliphatic hydroxyl groups excluding tert-OH is 1. The van der Waals surface area contributed by atoms with Crippen LogP contribution in [0.1, 0.15) is 54.6 Å². The van der Waals surface area contributed by atoms with Crippen molar-refractivity contribution < 1.29 is 9.50 Å².